The van der Waals surface area contributed by atoms with E-state index in [4.69, 9.17) is 0 Å². The Morgan fingerprint density at radius 3 is 2.58 bits per heavy atom. The number of quaternary nitrogens is 1. The van der Waals surface area contributed by atoms with Crippen LogP contribution >= 0.6 is 0 Å². The summed E-state index contributed by atoms with van der Waals surface area (Å²) >= 11 is 0. The van der Waals surface area contributed by atoms with Gasteiger partial charge in [-0.3, -0.25) is 9.28 Å². The maximum Gasteiger partial charge on any atom is 0.145 e. The molecule has 100 valence electrons. The molecule has 0 aliphatic carbocycles. The molecule has 0 amide bonds. The van der Waals surface area contributed by atoms with Crippen molar-refractivity contribution in [3.63, 3.8) is 0 Å². The van der Waals surface area contributed by atoms with E-state index in [9.17, 15) is 4.79 Å². The fourth-order valence-corrected chi connectivity index (χ4v) is 2.79. The highest BCUT2D eigenvalue weighted by Crippen LogP contribution is 2.44. The first kappa shape index (κ1) is 13.8. The fourth-order valence-electron chi connectivity index (χ4n) is 2.79. The third-order valence-electron chi connectivity index (χ3n) is 4.29. The number of carbonyl (C=O) groups excluding carboxylic acids is 1. The first-order valence-electron chi connectivity index (χ1n) is 6.76. The molecular weight excluding hydrogens is 234 g/mol. The van der Waals surface area contributed by atoms with Gasteiger partial charge >= 0.3 is 0 Å². The Morgan fingerprint density at radius 2 is 2.00 bits per heavy atom. The number of fused-ring (bicyclic) bond motifs is 1. The molecule has 0 radical (unpaired) electrons. The van der Waals surface area contributed by atoms with E-state index in [2.05, 4.69) is 46.0 Å². The third-order valence-corrected chi connectivity index (χ3v) is 4.29. The Hall–Kier alpha value is -1.67. The lowest BCUT2D eigenvalue weighted by Crippen LogP contribution is -2.41. The molecule has 1 aromatic carbocycles. The summed E-state index contributed by atoms with van der Waals surface area (Å²) in [5.74, 6) is 0. The van der Waals surface area contributed by atoms with Crippen LogP contribution in [0.2, 0.25) is 0 Å². The summed E-state index contributed by atoms with van der Waals surface area (Å²) in [6.07, 6.45) is 2.93. The second-order valence-electron chi connectivity index (χ2n) is 5.53. The number of aryl methyl sites for hydroxylation is 1. The molecule has 1 aliphatic heterocycles. The highest BCUT2D eigenvalue weighted by molar-refractivity contribution is 5.93. The first-order chi connectivity index (χ1) is 8.93. The molecule has 0 saturated heterocycles. The van der Waals surface area contributed by atoms with Crippen LogP contribution in [0, 0.1) is 6.92 Å². The fraction of sp³-hybridized carbons (Fsp3) is 0.353. The number of benzene rings is 1. The third kappa shape index (κ3) is 2.06. The van der Waals surface area contributed by atoms with E-state index < -0.39 is 0 Å². The predicted molar refractivity (Wildman–Crippen MR) is 81.9 cm³/mol. The van der Waals surface area contributed by atoms with E-state index >= 15 is 0 Å². The Balaban J connectivity index is 2.72. The van der Waals surface area contributed by atoms with Gasteiger partial charge in [-0.05, 0) is 38.5 Å². The van der Waals surface area contributed by atoms with Gasteiger partial charge in [-0.15, -0.1) is 0 Å². The van der Waals surface area contributed by atoms with Gasteiger partial charge in [0.1, 0.15) is 17.7 Å². The second kappa shape index (κ2) is 4.78. The van der Waals surface area contributed by atoms with Crippen molar-refractivity contribution in [2.45, 2.75) is 27.7 Å². The van der Waals surface area contributed by atoms with Gasteiger partial charge in [0.2, 0.25) is 0 Å². The summed E-state index contributed by atoms with van der Waals surface area (Å²) < 4.78 is 0.827. The molecule has 19 heavy (non-hydrogen) atoms. The smallest absolute Gasteiger partial charge is 0.145 e. The molecule has 0 fully saturated rings. The molecule has 0 N–H and O–H groups in total. The monoisotopic (exact) mass is 256 g/mol. The van der Waals surface area contributed by atoms with Crippen molar-refractivity contribution in [1.29, 1.82) is 0 Å². The van der Waals surface area contributed by atoms with Gasteiger partial charge in [0.25, 0.3) is 0 Å². The molecule has 1 aromatic rings. The molecule has 0 aromatic heterocycles. The van der Waals surface area contributed by atoms with Crippen molar-refractivity contribution >= 4 is 17.5 Å². The number of nitrogens with zero attached hydrogens (tertiary/aromatic N) is 1. The largest absolute Gasteiger partial charge is 0.298 e. The molecule has 2 heteroatoms. The van der Waals surface area contributed by atoms with Gasteiger partial charge in [0, 0.05) is 24.1 Å². The minimum Gasteiger partial charge on any atom is -0.298 e. The number of hydrogen-bond acceptors (Lipinski definition) is 1. The number of rotatable bonds is 3. The van der Waals surface area contributed by atoms with Crippen molar-refractivity contribution in [1.82, 2.24) is 4.48 Å². The number of hydrogen-bond donors (Lipinski definition) is 0. The molecular formula is C17H22NO+. The second-order valence-corrected chi connectivity index (χ2v) is 5.53. The van der Waals surface area contributed by atoms with Crippen molar-refractivity contribution < 1.29 is 4.79 Å². The number of aldehydes is 1. The van der Waals surface area contributed by atoms with Crippen LogP contribution in [0.3, 0.4) is 0 Å². The van der Waals surface area contributed by atoms with Crippen LogP contribution in [0.15, 0.2) is 35.5 Å². The van der Waals surface area contributed by atoms with Gasteiger partial charge < -0.3 is 0 Å². The molecule has 1 atom stereocenters. The predicted octanol–water partition coefficient (Wildman–Crippen LogP) is 3.84. The molecule has 2 rings (SSSR count). The van der Waals surface area contributed by atoms with Crippen LogP contribution in [0.4, 0.5) is 5.69 Å². The van der Waals surface area contributed by atoms with E-state index in [1.165, 1.54) is 28.1 Å². The Bertz CT molecular complexity index is 595. The summed E-state index contributed by atoms with van der Waals surface area (Å²) in [6.45, 7) is 9.35. The van der Waals surface area contributed by atoms with Crippen molar-refractivity contribution in [3.05, 3.63) is 46.7 Å². The summed E-state index contributed by atoms with van der Waals surface area (Å²) in [7, 11) is 2.24. The minimum atomic E-state index is 0.770. The highest BCUT2D eigenvalue weighted by Gasteiger charge is 2.38. The quantitative estimate of drug-likeness (QED) is 0.456. The summed E-state index contributed by atoms with van der Waals surface area (Å²) in [5, 5.41) is 0. The lowest BCUT2D eigenvalue weighted by Gasteiger charge is -2.29. The van der Waals surface area contributed by atoms with Gasteiger partial charge in [0.05, 0.1) is 13.6 Å². The minimum absolute atomic E-state index is 0.770. The normalized spacial score (nSPS) is 22.7. The van der Waals surface area contributed by atoms with Crippen LogP contribution in [-0.2, 0) is 4.79 Å². The summed E-state index contributed by atoms with van der Waals surface area (Å²) in [6, 6.07) is 6.61. The van der Waals surface area contributed by atoms with E-state index in [1.54, 1.807) is 0 Å². The lowest BCUT2D eigenvalue weighted by atomic mass is 10.0. The van der Waals surface area contributed by atoms with Gasteiger partial charge in [-0.25, -0.2) is 0 Å². The van der Waals surface area contributed by atoms with Crippen LogP contribution < -0.4 is 4.48 Å². The Morgan fingerprint density at radius 1 is 1.32 bits per heavy atom. The molecule has 1 aliphatic rings. The Kier molecular flexibility index (Phi) is 3.46. The zero-order chi connectivity index (χ0) is 14.2. The van der Waals surface area contributed by atoms with Crippen molar-refractivity contribution in [2.75, 3.05) is 13.6 Å². The van der Waals surface area contributed by atoms with E-state index in [0.717, 1.165) is 22.9 Å². The average Bonchev–Trinajstić information content (AvgIpc) is 2.61. The van der Waals surface area contributed by atoms with Crippen LogP contribution in [0.25, 0.3) is 5.57 Å². The van der Waals surface area contributed by atoms with E-state index in [0.29, 0.717) is 0 Å². The maximum atomic E-state index is 10.9. The van der Waals surface area contributed by atoms with Crippen molar-refractivity contribution in [3.8, 4) is 0 Å². The topological polar surface area (TPSA) is 17.1 Å². The summed E-state index contributed by atoms with van der Waals surface area (Å²) in [4.78, 5) is 10.9. The first-order valence-corrected chi connectivity index (χ1v) is 6.76. The van der Waals surface area contributed by atoms with Crippen LogP contribution in [0.5, 0.6) is 0 Å². The molecule has 2 nitrogen and oxygen atoms in total. The molecule has 0 bridgehead atoms. The zero-order valence-electron chi connectivity index (χ0n) is 12.4. The number of allylic oxidation sites excluding steroid dienone is 4. The molecule has 0 saturated carbocycles. The van der Waals surface area contributed by atoms with Crippen LogP contribution in [0.1, 0.15) is 31.9 Å². The molecule has 0 spiro atoms. The van der Waals surface area contributed by atoms with Gasteiger partial charge in [0.15, 0.2) is 0 Å². The van der Waals surface area contributed by atoms with E-state index in [-0.39, 0.29) is 0 Å². The number of carbonyl (C=O) groups is 1. The maximum absolute atomic E-state index is 10.9. The van der Waals surface area contributed by atoms with Crippen LogP contribution in [-0.4, -0.2) is 19.9 Å². The lowest BCUT2D eigenvalue weighted by molar-refractivity contribution is -0.104. The van der Waals surface area contributed by atoms with Gasteiger partial charge in [-0.2, -0.15) is 0 Å². The van der Waals surface area contributed by atoms with Gasteiger partial charge in [-0.1, -0.05) is 11.6 Å². The average molecular weight is 256 g/mol. The highest BCUT2D eigenvalue weighted by atomic mass is 16.1. The molecule has 1 heterocycles. The van der Waals surface area contributed by atoms with E-state index in [1.807, 2.05) is 13.0 Å². The summed E-state index contributed by atoms with van der Waals surface area (Å²) in [5.41, 5.74) is 7.13. The zero-order valence-corrected chi connectivity index (χ0v) is 12.4. The standard InChI is InChI=1S/C17H22NO/c1-6-18(5)14(4)15(10-13(3)11-19)16-9-12(2)7-8-17(16)18/h7-11H,6H2,1-5H3/q+1. The van der Waals surface area contributed by atoms with Crippen molar-refractivity contribution in [2.24, 2.45) is 0 Å². The SMILES string of the molecule is CC[N+]1(C)C(C)=C(C=C(C)C=O)c2cc(C)ccc21. The Labute approximate surface area is 115 Å². The molecule has 1 unspecified atom stereocenters.